The average molecular weight is 504 g/mol. The van der Waals surface area contributed by atoms with Crippen LogP contribution in [0.2, 0.25) is 0 Å². The average Bonchev–Trinajstić information content (AvgIpc) is 3.36. The number of anilines is 4. The van der Waals surface area contributed by atoms with E-state index in [-0.39, 0.29) is 11.9 Å². The van der Waals surface area contributed by atoms with Gasteiger partial charge in [0.25, 0.3) is 5.91 Å². The van der Waals surface area contributed by atoms with Crippen molar-refractivity contribution in [3.63, 3.8) is 0 Å². The molecule has 37 heavy (non-hydrogen) atoms. The third kappa shape index (κ3) is 5.32. The quantitative estimate of drug-likeness (QED) is 0.510. The summed E-state index contributed by atoms with van der Waals surface area (Å²) < 4.78 is 5.53. The Morgan fingerprint density at radius 3 is 2.38 bits per heavy atom. The lowest BCUT2D eigenvalue weighted by molar-refractivity contribution is 0.0786. The second kappa shape index (κ2) is 10.7. The number of amides is 1. The molecule has 0 unspecified atom stereocenters. The lowest BCUT2D eigenvalue weighted by atomic mass is 10.1. The molecule has 1 aromatic carbocycles. The Bertz CT molecular complexity index is 1240. The number of nitrogens with two attached hydrogens (primary N) is 1. The van der Waals surface area contributed by atoms with Gasteiger partial charge in [-0.05, 0) is 44.8 Å². The summed E-state index contributed by atoms with van der Waals surface area (Å²) in [4.78, 5) is 39.3. The van der Waals surface area contributed by atoms with Gasteiger partial charge in [-0.1, -0.05) is 0 Å². The highest BCUT2D eigenvalue weighted by molar-refractivity contribution is 5.94. The van der Waals surface area contributed by atoms with Crippen molar-refractivity contribution in [3.8, 4) is 11.3 Å². The first-order valence-electron chi connectivity index (χ1n) is 12.5. The zero-order chi connectivity index (χ0) is 25.9. The molecule has 4 heterocycles. The minimum atomic E-state index is 0.0118. The van der Waals surface area contributed by atoms with Crippen molar-refractivity contribution < 1.29 is 9.53 Å². The Morgan fingerprint density at radius 2 is 1.70 bits per heavy atom. The van der Waals surface area contributed by atoms with Crippen LogP contribution in [-0.2, 0) is 11.2 Å². The second-order valence-electron chi connectivity index (χ2n) is 9.58. The summed E-state index contributed by atoms with van der Waals surface area (Å²) in [5.41, 5.74) is 10.1. The molecule has 2 aliphatic heterocycles. The van der Waals surface area contributed by atoms with Gasteiger partial charge in [-0.15, -0.1) is 0 Å². The predicted octanol–water partition coefficient (Wildman–Crippen LogP) is 1.68. The van der Waals surface area contributed by atoms with Crippen molar-refractivity contribution in [2.45, 2.75) is 6.42 Å². The molecule has 0 atom stereocenters. The Balaban J connectivity index is 1.46. The number of aromatic nitrogens is 4. The maximum atomic E-state index is 12.9. The SMILES string of the molecule is CN(C)CCN(C)C(=O)c1ccc(N2CCc3c(-c4cnc(N)nc4)nc(N4CCOCC4)nc32)cc1. The normalized spacial score (nSPS) is 15.2. The van der Waals surface area contributed by atoms with Crippen LogP contribution < -0.4 is 15.5 Å². The molecule has 2 N–H and O–H groups in total. The number of hydrogen-bond donors (Lipinski definition) is 1. The van der Waals surface area contributed by atoms with E-state index in [0.717, 1.165) is 60.9 Å². The molecule has 1 saturated heterocycles. The Labute approximate surface area is 216 Å². The third-order valence-corrected chi connectivity index (χ3v) is 6.71. The van der Waals surface area contributed by atoms with Crippen LogP contribution in [0.3, 0.4) is 0 Å². The van der Waals surface area contributed by atoms with Crippen LogP contribution in [0, 0.1) is 0 Å². The number of nitrogens with zero attached hydrogens (tertiary/aromatic N) is 8. The summed E-state index contributed by atoms with van der Waals surface area (Å²) in [6, 6.07) is 7.76. The van der Waals surface area contributed by atoms with Gasteiger partial charge in [-0.25, -0.2) is 15.0 Å². The fraction of sp³-hybridized carbons (Fsp3) is 0.423. The smallest absolute Gasteiger partial charge is 0.253 e. The van der Waals surface area contributed by atoms with E-state index >= 15 is 0 Å². The van der Waals surface area contributed by atoms with Crippen LogP contribution in [-0.4, -0.2) is 103 Å². The number of morpholine rings is 1. The largest absolute Gasteiger partial charge is 0.378 e. The molecule has 0 radical (unpaired) electrons. The van der Waals surface area contributed by atoms with E-state index in [1.54, 1.807) is 17.3 Å². The van der Waals surface area contributed by atoms with Crippen molar-refractivity contribution in [3.05, 3.63) is 47.8 Å². The Hall–Kier alpha value is -3.83. The number of carbonyl (C=O) groups excluding carboxylic acids is 1. The summed E-state index contributed by atoms with van der Waals surface area (Å²) in [6.07, 6.45) is 4.21. The molecule has 0 spiro atoms. The first-order chi connectivity index (χ1) is 17.9. The van der Waals surface area contributed by atoms with E-state index < -0.39 is 0 Å². The van der Waals surface area contributed by atoms with Gasteiger partial charge < -0.3 is 30.1 Å². The summed E-state index contributed by atoms with van der Waals surface area (Å²) in [6.45, 7) is 4.99. The molecule has 0 bridgehead atoms. The van der Waals surface area contributed by atoms with Crippen LogP contribution >= 0.6 is 0 Å². The molecule has 0 saturated carbocycles. The van der Waals surface area contributed by atoms with E-state index in [9.17, 15) is 4.79 Å². The summed E-state index contributed by atoms with van der Waals surface area (Å²) in [5.74, 6) is 1.77. The lowest BCUT2D eigenvalue weighted by Crippen LogP contribution is -2.37. The zero-order valence-corrected chi connectivity index (χ0v) is 21.6. The maximum absolute atomic E-state index is 12.9. The molecule has 1 amide bonds. The first-order valence-corrected chi connectivity index (χ1v) is 12.5. The van der Waals surface area contributed by atoms with Gasteiger partial charge in [-0.2, -0.15) is 4.98 Å². The zero-order valence-electron chi connectivity index (χ0n) is 21.6. The molecule has 0 aliphatic carbocycles. The highest BCUT2D eigenvalue weighted by Crippen LogP contribution is 2.39. The van der Waals surface area contributed by atoms with E-state index in [1.165, 1.54) is 0 Å². The van der Waals surface area contributed by atoms with E-state index in [1.807, 2.05) is 45.4 Å². The highest BCUT2D eigenvalue weighted by Gasteiger charge is 2.29. The predicted molar refractivity (Wildman–Crippen MR) is 143 cm³/mol. The summed E-state index contributed by atoms with van der Waals surface area (Å²) >= 11 is 0. The van der Waals surface area contributed by atoms with Gasteiger partial charge in [0.1, 0.15) is 5.82 Å². The van der Waals surface area contributed by atoms with Crippen LogP contribution in [0.5, 0.6) is 0 Å². The number of nitrogen functional groups attached to an aromatic ring is 1. The molecule has 3 aromatic rings. The van der Waals surface area contributed by atoms with Gasteiger partial charge in [-0.3, -0.25) is 4.79 Å². The summed E-state index contributed by atoms with van der Waals surface area (Å²) in [7, 11) is 5.84. The molecule has 2 aliphatic rings. The maximum Gasteiger partial charge on any atom is 0.253 e. The standard InChI is InChI=1S/C26H33N9O2/c1-32(2)10-11-33(3)24(36)18-4-6-20(7-5-18)35-9-8-21-22(19-16-28-25(27)29-17-19)30-26(31-23(21)35)34-12-14-37-15-13-34/h4-7,16-17H,8-15H2,1-3H3,(H2,27,28,29). The highest BCUT2D eigenvalue weighted by atomic mass is 16.5. The third-order valence-electron chi connectivity index (χ3n) is 6.71. The number of ether oxygens (including phenoxy) is 1. The summed E-state index contributed by atoms with van der Waals surface area (Å²) in [5, 5.41) is 0. The van der Waals surface area contributed by atoms with Crippen molar-refractivity contribution in [2.24, 2.45) is 0 Å². The van der Waals surface area contributed by atoms with Gasteiger partial charge in [0.05, 0.1) is 18.9 Å². The minimum absolute atomic E-state index is 0.0118. The fourth-order valence-electron chi connectivity index (χ4n) is 4.55. The van der Waals surface area contributed by atoms with E-state index in [4.69, 9.17) is 20.4 Å². The topological polar surface area (TPSA) is 117 Å². The van der Waals surface area contributed by atoms with Gasteiger partial charge >= 0.3 is 0 Å². The molecular formula is C26H33N9O2. The van der Waals surface area contributed by atoms with E-state index in [0.29, 0.717) is 31.3 Å². The number of fused-ring (bicyclic) bond motifs is 1. The minimum Gasteiger partial charge on any atom is -0.378 e. The molecule has 5 rings (SSSR count). The first kappa shape index (κ1) is 24.8. The van der Waals surface area contributed by atoms with Gasteiger partial charge in [0.15, 0.2) is 0 Å². The van der Waals surface area contributed by atoms with Crippen molar-refractivity contribution in [1.29, 1.82) is 0 Å². The van der Waals surface area contributed by atoms with Gasteiger partial charge in [0.2, 0.25) is 11.9 Å². The van der Waals surface area contributed by atoms with Crippen molar-refractivity contribution in [2.75, 3.05) is 82.6 Å². The molecule has 11 nitrogen and oxygen atoms in total. The van der Waals surface area contributed by atoms with Crippen LogP contribution in [0.15, 0.2) is 36.7 Å². The van der Waals surface area contributed by atoms with E-state index in [2.05, 4.69) is 24.7 Å². The fourth-order valence-corrected chi connectivity index (χ4v) is 4.55. The molecule has 1 fully saturated rings. The van der Waals surface area contributed by atoms with Crippen molar-refractivity contribution in [1.82, 2.24) is 29.7 Å². The number of hydrogen-bond acceptors (Lipinski definition) is 10. The number of benzene rings is 1. The molecule has 2 aromatic heterocycles. The Morgan fingerprint density at radius 1 is 1.00 bits per heavy atom. The second-order valence-corrected chi connectivity index (χ2v) is 9.58. The molecule has 194 valence electrons. The van der Waals surface area contributed by atoms with Crippen LogP contribution in [0.4, 0.5) is 23.4 Å². The van der Waals surface area contributed by atoms with Gasteiger partial charge in [0, 0.05) is 74.5 Å². The lowest BCUT2D eigenvalue weighted by Gasteiger charge is -2.28. The molecule has 11 heteroatoms. The van der Waals surface area contributed by atoms with Crippen molar-refractivity contribution >= 4 is 29.3 Å². The van der Waals surface area contributed by atoms with Crippen LogP contribution in [0.25, 0.3) is 11.3 Å². The number of likely N-dealkylation sites (N-methyl/N-ethyl adjacent to an activating group) is 2. The number of carbonyl (C=O) groups is 1. The molecular weight excluding hydrogens is 470 g/mol. The Kier molecular flexibility index (Phi) is 7.15. The monoisotopic (exact) mass is 503 g/mol. The van der Waals surface area contributed by atoms with Crippen LogP contribution in [0.1, 0.15) is 15.9 Å². The number of rotatable bonds is 7.